The zero-order valence-corrected chi connectivity index (χ0v) is 18.2. The second-order valence-electron chi connectivity index (χ2n) is 7.69. The molecule has 5 nitrogen and oxygen atoms in total. The van der Waals surface area contributed by atoms with E-state index in [0.29, 0.717) is 29.7 Å². The summed E-state index contributed by atoms with van der Waals surface area (Å²) in [7, 11) is -3.11. The van der Waals surface area contributed by atoms with Crippen LogP contribution in [0.3, 0.4) is 0 Å². The van der Waals surface area contributed by atoms with Crippen LogP contribution in [-0.2, 0) is 21.2 Å². The number of benzene rings is 2. The van der Waals surface area contributed by atoms with Crippen LogP contribution in [0.15, 0.2) is 48.5 Å². The second kappa shape index (κ2) is 9.18. The van der Waals surface area contributed by atoms with Crippen LogP contribution < -0.4 is 4.74 Å². The molecule has 156 valence electrons. The third-order valence-electron chi connectivity index (χ3n) is 5.16. The van der Waals surface area contributed by atoms with Gasteiger partial charge in [-0.05, 0) is 35.6 Å². The van der Waals surface area contributed by atoms with Crippen molar-refractivity contribution >= 4 is 27.3 Å². The molecule has 0 bridgehead atoms. The Labute approximate surface area is 177 Å². The molecule has 1 atom stereocenters. The fourth-order valence-electron chi connectivity index (χ4n) is 3.43. The van der Waals surface area contributed by atoms with E-state index in [9.17, 15) is 13.2 Å². The van der Waals surface area contributed by atoms with Gasteiger partial charge in [-0.1, -0.05) is 61.8 Å². The molecule has 2 aromatic carbocycles. The molecule has 2 aromatic rings. The van der Waals surface area contributed by atoms with Crippen molar-refractivity contribution in [3.05, 3.63) is 64.7 Å². The molecule has 3 rings (SSSR count). The first-order valence-corrected chi connectivity index (χ1v) is 11.9. The van der Waals surface area contributed by atoms with Crippen LogP contribution in [0.4, 0.5) is 0 Å². The molecular weight excluding hydrogens is 410 g/mol. The van der Waals surface area contributed by atoms with E-state index in [1.54, 1.807) is 29.2 Å². The van der Waals surface area contributed by atoms with E-state index in [4.69, 9.17) is 16.3 Å². The highest BCUT2D eigenvalue weighted by Crippen LogP contribution is 2.25. The van der Waals surface area contributed by atoms with Gasteiger partial charge >= 0.3 is 0 Å². The van der Waals surface area contributed by atoms with Crippen molar-refractivity contribution < 1.29 is 17.9 Å². The first-order chi connectivity index (χ1) is 13.7. The molecule has 1 saturated heterocycles. The number of sulfone groups is 1. The molecule has 0 spiro atoms. The summed E-state index contributed by atoms with van der Waals surface area (Å²) in [6, 6.07) is 14.7. The van der Waals surface area contributed by atoms with Gasteiger partial charge in [-0.25, -0.2) is 8.42 Å². The Morgan fingerprint density at radius 2 is 1.86 bits per heavy atom. The van der Waals surface area contributed by atoms with Crippen molar-refractivity contribution in [1.29, 1.82) is 0 Å². The van der Waals surface area contributed by atoms with Gasteiger partial charge in [-0.2, -0.15) is 0 Å². The smallest absolute Gasteiger partial charge is 0.261 e. The number of carbonyl (C=O) groups is 1. The molecule has 7 heteroatoms. The Hall–Kier alpha value is -2.05. The van der Waals surface area contributed by atoms with Crippen LogP contribution in [0.25, 0.3) is 0 Å². The fourth-order valence-corrected chi connectivity index (χ4v) is 5.35. The van der Waals surface area contributed by atoms with Gasteiger partial charge in [0.1, 0.15) is 5.75 Å². The van der Waals surface area contributed by atoms with E-state index in [1.807, 2.05) is 24.3 Å². The second-order valence-corrected chi connectivity index (χ2v) is 10.3. The summed E-state index contributed by atoms with van der Waals surface area (Å²) in [4.78, 5) is 14.6. The lowest BCUT2D eigenvalue weighted by molar-refractivity contribution is -0.136. The predicted molar refractivity (Wildman–Crippen MR) is 115 cm³/mol. The third kappa shape index (κ3) is 5.73. The molecule has 1 heterocycles. The van der Waals surface area contributed by atoms with Gasteiger partial charge in [0.25, 0.3) is 5.91 Å². The van der Waals surface area contributed by atoms with Crippen molar-refractivity contribution in [3.8, 4) is 5.75 Å². The minimum absolute atomic E-state index is 0.00505. The molecule has 0 unspecified atom stereocenters. The first kappa shape index (κ1) is 21.7. The Balaban J connectivity index is 1.75. The lowest BCUT2D eigenvalue weighted by atomic mass is 10.0. The van der Waals surface area contributed by atoms with Crippen LogP contribution in [0, 0.1) is 0 Å². The summed E-state index contributed by atoms with van der Waals surface area (Å²) < 4.78 is 29.6. The molecule has 1 fully saturated rings. The minimum Gasteiger partial charge on any atom is -0.482 e. The van der Waals surface area contributed by atoms with Crippen LogP contribution in [0.1, 0.15) is 37.3 Å². The van der Waals surface area contributed by atoms with Gasteiger partial charge in [0, 0.05) is 12.6 Å². The lowest BCUT2D eigenvalue weighted by Gasteiger charge is -2.28. The zero-order valence-electron chi connectivity index (χ0n) is 16.7. The van der Waals surface area contributed by atoms with Crippen molar-refractivity contribution in [3.63, 3.8) is 0 Å². The monoisotopic (exact) mass is 435 g/mol. The van der Waals surface area contributed by atoms with E-state index in [2.05, 4.69) is 13.8 Å². The van der Waals surface area contributed by atoms with Gasteiger partial charge in [0.05, 0.1) is 16.5 Å². The maximum absolute atomic E-state index is 13.0. The Morgan fingerprint density at radius 3 is 2.45 bits per heavy atom. The average Bonchev–Trinajstić information content (AvgIpc) is 3.05. The van der Waals surface area contributed by atoms with Crippen LogP contribution >= 0.6 is 11.6 Å². The summed E-state index contributed by atoms with van der Waals surface area (Å²) in [5.41, 5.74) is 2.18. The first-order valence-electron chi connectivity index (χ1n) is 9.71. The van der Waals surface area contributed by atoms with Gasteiger partial charge in [0.15, 0.2) is 16.4 Å². The maximum Gasteiger partial charge on any atom is 0.261 e. The Bertz CT molecular complexity index is 957. The average molecular weight is 436 g/mol. The molecule has 29 heavy (non-hydrogen) atoms. The molecule has 0 saturated carbocycles. The van der Waals surface area contributed by atoms with E-state index >= 15 is 0 Å². The summed E-state index contributed by atoms with van der Waals surface area (Å²) in [5, 5.41) is 0.430. The van der Waals surface area contributed by atoms with E-state index < -0.39 is 9.84 Å². The third-order valence-corrected chi connectivity index (χ3v) is 7.22. The molecular formula is C22H26ClNO4S. The standard InChI is InChI=1S/C22H26ClNO4S/c1-16(2)18-9-7-17(8-10-18)13-24(19-11-12-29(26,27)15-19)22(25)14-28-21-6-4-3-5-20(21)23/h3-10,16,19H,11-15H2,1-2H3/t19-/m1/s1. The molecule has 0 aromatic heterocycles. The number of amides is 1. The highest BCUT2D eigenvalue weighted by Gasteiger charge is 2.34. The predicted octanol–water partition coefficient (Wildman–Crippen LogP) is 4.06. The maximum atomic E-state index is 13.0. The Kier molecular flexibility index (Phi) is 6.85. The normalized spacial score (nSPS) is 18.0. The summed E-state index contributed by atoms with van der Waals surface area (Å²) >= 11 is 6.09. The van der Waals surface area contributed by atoms with E-state index in [1.165, 1.54) is 5.56 Å². The van der Waals surface area contributed by atoms with E-state index in [0.717, 1.165) is 5.56 Å². The number of hydrogen-bond donors (Lipinski definition) is 0. The molecule has 1 amide bonds. The van der Waals surface area contributed by atoms with Gasteiger partial charge in [-0.3, -0.25) is 4.79 Å². The molecule has 1 aliphatic heterocycles. The number of nitrogens with zero attached hydrogens (tertiary/aromatic N) is 1. The van der Waals surface area contributed by atoms with Gasteiger partial charge in [-0.15, -0.1) is 0 Å². The summed E-state index contributed by atoms with van der Waals surface area (Å²) in [6.45, 7) is 4.41. The summed E-state index contributed by atoms with van der Waals surface area (Å²) in [5.74, 6) is 0.710. The van der Waals surface area contributed by atoms with Crippen molar-refractivity contribution in [2.24, 2.45) is 0 Å². The largest absolute Gasteiger partial charge is 0.482 e. The van der Waals surface area contributed by atoms with Gasteiger partial charge < -0.3 is 9.64 Å². The number of carbonyl (C=O) groups excluding carboxylic acids is 1. The number of hydrogen-bond acceptors (Lipinski definition) is 4. The number of para-hydroxylation sites is 1. The lowest BCUT2D eigenvalue weighted by Crippen LogP contribution is -2.43. The molecule has 0 N–H and O–H groups in total. The zero-order chi connectivity index (χ0) is 21.0. The van der Waals surface area contributed by atoms with Crippen molar-refractivity contribution in [2.45, 2.75) is 38.8 Å². The summed E-state index contributed by atoms with van der Waals surface area (Å²) in [6.07, 6.45) is 0.449. The number of halogens is 1. The highest BCUT2D eigenvalue weighted by atomic mass is 35.5. The molecule has 1 aliphatic rings. The quantitative estimate of drug-likeness (QED) is 0.657. The van der Waals surface area contributed by atoms with Gasteiger partial charge in [0.2, 0.25) is 0 Å². The van der Waals surface area contributed by atoms with E-state index in [-0.39, 0.29) is 30.1 Å². The molecule has 0 aliphatic carbocycles. The molecule has 0 radical (unpaired) electrons. The highest BCUT2D eigenvalue weighted by molar-refractivity contribution is 7.91. The van der Waals surface area contributed by atoms with Crippen LogP contribution in [0.2, 0.25) is 5.02 Å². The van der Waals surface area contributed by atoms with Crippen molar-refractivity contribution in [1.82, 2.24) is 4.90 Å². The number of rotatable bonds is 7. The Morgan fingerprint density at radius 1 is 1.17 bits per heavy atom. The van der Waals surface area contributed by atoms with Crippen LogP contribution in [0.5, 0.6) is 5.75 Å². The van der Waals surface area contributed by atoms with Crippen LogP contribution in [-0.4, -0.2) is 43.4 Å². The SMILES string of the molecule is CC(C)c1ccc(CN(C(=O)COc2ccccc2Cl)[C@@H]2CCS(=O)(=O)C2)cc1. The fraction of sp³-hybridized carbons (Fsp3) is 0.409. The minimum atomic E-state index is -3.11. The topological polar surface area (TPSA) is 63.7 Å². The van der Waals surface area contributed by atoms with Crippen molar-refractivity contribution in [2.75, 3.05) is 18.1 Å². The number of ether oxygens (including phenoxy) is 1.